The summed E-state index contributed by atoms with van der Waals surface area (Å²) in [4.78, 5) is 22.6. The van der Waals surface area contributed by atoms with Gasteiger partial charge in [-0.2, -0.15) is 0 Å². The number of nitrogens with two attached hydrogens (primary N) is 1. The molecule has 4 N–H and O–H groups in total. The summed E-state index contributed by atoms with van der Waals surface area (Å²) in [7, 11) is 0. The van der Waals surface area contributed by atoms with Crippen LogP contribution in [-0.2, 0) is 27.4 Å². The van der Waals surface area contributed by atoms with Gasteiger partial charge in [0.1, 0.15) is 12.2 Å². The Labute approximate surface area is 115 Å². The normalized spacial score (nSPS) is 25.6. The van der Waals surface area contributed by atoms with Crippen molar-refractivity contribution in [3.8, 4) is 0 Å². The Hall–Kier alpha value is -2.00. The number of carbonyl (C=O) groups is 2. The second-order valence-electron chi connectivity index (χ2n) is 5.02. The fourth-order valence-corrected chi connectivity index (χ4v) is 1.93. The molecule has 1 amide bonds. The third kappa shape index (κ3) is 2.94. The number of nitrogens with one attached hydrogen (secondary N) is 1. The van der Waals surface area contributed by atoms with Crippen LogP contribution in [0.2, 0.25) is 0 Å². The smallest absolute Gasteiger partial charge is 0.325 e. The van der Waals surface area contributed by atoms with Crippen molar-refractivity contribution in [1.82, 2.24) is 20.3 Å². The Kier molecular flexibility index (Phi) is 4.00. The molecule has 1 aliphatic rings. The van der Waals surface area contributed by atoms with Crippen molar-refractivity contribution in [2.75, 3.05) is 13.2 Å². The average molecular weight is 283 g/mol. The molecule has 0 aliphatic carbocycles. The van der Waals surface area contributed by atoms with Crippen LogP contribution in [0.4, 0.5) is 0 Å². The third-order valence-electron chi connectivity index (χ3n) is 3.35. The molecule has 1 aliphatic heterocycles. The number of hydrogen-bond donors (Lipinski definition) is 3. The van der Waals surface area contributed by atoms with Gasteiger partial charge in [-0.25, -0.2) is 4.68 Å². The number of aromatic nitrogens is 3. The standard InChI is InChI=1S/C11H17N5O4/c1-11(6-20-5-8(11)12)10(19)13-2-7-3-16(15-14-7)4-9(17)18/h3,8H,2,4-6,12H2,1H3,(H,13,19)(H,17,18). The maximum atomic E-state index is 12.1. The molecule has 0 radical (unpaired) electrons. The second-order valence-corrected chi connectivity index (χ2v) is 5.02. The SMILES string of the molecule is CC1(C(=O)NCc2cn(CC(=O)O)nn2)COCC1N. The lowest BCUT2D eigenvalue weighted by Crippen LogP contribution is -2.49. The molecule has 0 aromatic carbocycles. The number of carbonyl (C=O) groups excluding carboxylic acids is 1. The van der Waals surface area contributed by atoms with Crippen molar-refractivity contribution in [3.05, 3.63) is 11.9 Å². The summed E-state index contributed by atoms with van der Waals surface area (Å²) in [6.07, 6.45) is 1.47. The van der Waals surface area contributed by atoms with E-state index in [9.17, 15) is 9.59 Å². The predicted octanol–water partition coefficient (Wildman–Crippen LogP) is -1.66. The quantitative estimate of drug-likeness (QED) is 0.589. The number of rotatable bonds is 5. The molecule has 9 nitrogen and oxygen atoms in total. The highest BCUT2D eigenvalue weighted by atomic mass is 16.5. The maximum Gasteiger partial charge on any atom is 0.325 e. The lowest BCUT2D eigenvalue weighted by Gasteiger charge is -2.25. The van der Waals surface area contributed by atoms with Crippen LogP contribution in [0.1, 0.15) is 12.6 Å². The molecular weight excluding hydrogens is 266 g/mol. The summed E-state index contributed by atoms with van der Waals surface area (Å²) in [5.41, 5.74) is 5.59. The molecule has 1 fully saturated rings. The zero-order chi connectivity index (χ0) is 14.8. The van der Waals surface area contributed by atoms with Gasteiger partial charge in [0.15, 0.2) is 0 Å². The Morgan fingerprint density at radius 3 is 3.05 bits per heavy atom. The first-order chi connectivity index (χ1) is 9.41. The number of aliphatic carboxylic acids is 1. The number of amides is 1. The third-order valence-corrected chi connectivity index (χ3v) is 3.35. The fraction of sp³-hybridized carbons (Fsp3) is 0.636. The van der Waals surface area contributed by atoms with Gasteiger partial charge in [-0.15, -0.1) is 5.10 Å². The summed E-state index contributed by atoms with van der Waals surface area (Å²) >= 11 is 0. The number of carboxylic acid groups (broad SMARTS) is 1. The molecule has 1 aromatic heterocycles. The molecule has 2 heterocycles. The number of hydrogen-bond acceptors (Lipinski definition) is 6. The van der Waals surface area contributed by atoms with Crippen LogP contribution in [0.25, 0.3) is 0 Å². The first kappa shape index (κ1) is 14.4. The fourth-order valence-electron chi connectivity index (χ4n) is 1.93. The maximum absolute atomic E-state index is 12.1. The molecular formula is C11H17N5O4. The van der Waals surface area contributed by atoms with Crippen LogP contribution in [-0.4, -0.2) is 51.2 Å². The van der Waals surface area contributed by atoms with Crippen molar-refractivity contribution in [2.45, 2.75) is 26.1 Å². The van der Waals surface area contributed by atoms with Crippen LogP contribution < -0.4 is 11.1 Å². The molecule has 2 atom stereocenters. The van der Waals surface area contributed by atoms with Crippen molar-refractivity contribution < 1.29 is 19.4 Å². The van der Waals surface area contributed by atoms with E-state index < -0.39 is 11.4 Å². The molecule has 20 heavy (non-hydrogen) atoms. The Morgan fingerprint density at radius 1 is 1.70 bits per heavy atom. The highest BCUT2D eigenvalue weighted by molar-refractivity contribution is 5.83. The van der Waals surface area contributed by atoms with E-state index in [1.807, 2.05) is 0 Å². The van der Waals surface area contributed by atoms with Crippen LogP contribution in [0, 0.1) is 5.41 Å². The lowest BCUT2D eigenvalue weighted by molar-refractivity contribution is -0.138. The van der Waals surface area contributed by atoms with Gasteiger partial charge in [-0.05, 0) is 6.92 Å². The minimum absolute atomic E-state index is 0.167. The van der Waals surface area contributed by atoms with E-state index >= 15 is 0 Å². The van der Waals surface area contributed by atoms with Gasteiger partial charge in [0.05, 0.1) is 31.4 Å². The van der Waals surface area contributed by atoms with Crippen LogP contribution in [0.3, 0.4) is 0 Å². The average Bonchev–Trinajstić information content (AvgIpc) is 2.95. The molecule has 110 valence electrons. The molecule has 1 saturated heterocycles. The molecule has 9 heteroatoms. The van der Waals surface area contributed by atoms with Crippen LogP contribution in [0.5, 0.6) is 0 Å². The lowest BCUT2D eigenvalue weighted by atomic mass is 9.85. The summed E-state index contributed by atoms with van der Waals surface area (Å²) < 4.78 is 6.40. The van der Waals surface area contributed by atoms with Gasteiger partial charge >= 0.3 is 5.97 Å². The van der Waals surface area contributed by atoms with Gasteiger partial charge in [0.2, 0.25) is 5.91 Å². The van der Waals surface area contributed by atoms with Gasteiger partial charge in [0, 0.05) is 6.04 Å². The first-order valence-electron chi connectivity index (χ1n) is 6.14. The van der Waals surface area contributed by atoms with Crippen molar-refractivity contribution in [2.24, 2.45) is 11.1 Å². The van der Waals surface area contributed by atoms with E-state index in [0.29, 0.717) is 12.3 Å². The van der Waals surface area contributed by atoms with E-state index in [4.69, 9.17) is 15.6 Å². The largest absolute Gasteiger partial charge is 0.480 e. The molecule has 0 saturated carbocycles. The van der Waals surface area contributed by atoms with E-state index in [0.717, 1.165) is 0 Å². The minimum Gasteiger partial charge on any atom is -0.480 e. The molecule has 2 unspecified atom stereocenters. The highest BCUT2D eigenvalue weighted by Gasteiger charge is 2.44. The topological polar surface area (TPSA) is 132 Å². The molecule has 0 bridgehead atoms. The van der Waals surface area contributed by atoms with Gasteiger partial charge in [-0.1, -0.05) is 5.21 Å². The number of carboxylic acids is 1. The summed E-state index contributed by atoms with van der Waals surface area (Å²) in [6, 6.07) is -0.342. The van der Waals surface area contributed by atoms with Crippen molar-refractivity contribution >= 4 is 11.9 Å². The van der Waals surface area contributed by atoms with E-state index in [-0.39, 0.29) is 31.6 Å². The monoisotopic (exact) mass is 283 g/mol. The molecule has 1 aromatic rings. The van der Waals surface area contributed by atoms with Gasteiger partial charge in [-0.3, -0.25) is 9.59 Å². The summed E-state index contributed by atoms with van der Waals surface area (Å²) in [6.45, 7) is 2.30. The zero-order valence-corrected chi connectivity index (χ0v) is 11.1. The van der Waals surface area contributed by atoms with Crippen LogP contribution >= 0.6 is 0 Å². The predicted molar refractivity (Wildman–Crippen MR) is 66.4 cm³/mol. The highest BCUT2D eigenvalue weighted by Crippen LogP contribution is 2.27. The molecule has 0 spiro atoms. The van der Waals surface area contributed by atoms with Crippen LogP contribution in [0.15, 0.2) is 6.20 Å². The van der Waals surface area contributed by atoms with Gasteiger partial charge in [0.25, 0.3) is 0 Å². The minimum atomic E-state index is -1.01. The van der Waals surface area contributed by atoms with E-state index in [2.05, 4.69) is 15.6 Å². The number of nitrogens with zero attached hydrogens (tertiary/aromatic N) is 3. The zero-order valence-electron chi connectivity index (χ0n) is 11.1. The summed E-state index contributed by atoms with van der Waals surface area (Å²) in [5, 5.41) is 18.8. The second kappa shape index (κ2) is 5.55. The summed E-state index contributed by atoms with van der Waals surface area (Å²) in [5.74, 6) is -1.22. The van der Waals surface area contributed by atoms with Crippen molar-refractivity contribution in [3.63, 3.8) is 0 Å². The Bertz CT molecular complexity index is 517. The van der Waals surface area contributed by atoms with Crippen molar-refractivity contribution in [1.29, 1.82) is 0 Å². The van der Waals surface area contributed by atoms with Gasteiger partial charge < -0.3 is 20.9 Å². The molecule has 2 rings (SSSR count). The first-order valence-corrected chi connectivity index (χ1v) is 6.14. The Morgan fingerprint density at radius 2 is 2.45 bits per heavy atom. The number of ether oxygens (including phenoxy) is 1. The van der Waals surface area contributed by atoms with E-state index in [1.54, 1.807) is 6.92 Å². The van der Waals surface area contributed by atoms with E-state index in [1.165, 1.54) is 10.9 Å². The Balaban J connectivity index is 1.90.